The number of allylic oxidation sites excluding steroid dienone is 11. The molecule has 0 aliphatic carbocycles. The second-order valence-electron chi connectivity index (χ2n) is 13.3. The largest absolute Gasteiger partial charge is 0.394 e. The molecule has 0 heterocycles. The van der Waals surface area contributed by atoms with Crippen LogP contribution in [-0.2, 0) is 4.79 Å². The summed E-state index contributed by atoms with van der Waals surface area (Å²) in [5.41, 5.74) is 0. The first kappa shape index (κ1) is 45.8. The van der Waals surface area contributed by atoms with Crippen LogP contribution in [0.4, 0.5) is 0 Å². The summed E-state index contributed by atoms with van der Waals surface area (Å²) in [6.07, 6.45) is 55.7. The molecule has 0 aliphatic heterocycles. The van der Waals surface area contributed by atoms with E-state index < -0.39 is 12.1 Å². The number of rotatable bonds is 35. The Morgan fingerprint density at radius 2 is 0.938 bits per heavy atom. The van der Waals surface area contributed by atoms with Crippen molar-refractivity contribution in [3.63, 3.8) is 0 Å². The second-order valence-corrected chi connectivity index (χ2v) is 13.3. The Labute approximate surface area is 298 Å². The Morgan fingerprint density at radius 3 is 1.46 bits per heavy atom. The van der Waals surface area contributed by atoms with Crippen molar-refractivity contribution in [2.24, 2.45) is 0 Å². The van der Waals surface area contributed by atoms with Crippen LogP contribution >= 0.6 is 0 Å². The van der Waals surface area contributed by atoms with Crippen molar-refractivity contribution < 1.29 is 15.0 Å². The zero-order valence-corrected chi connectivity index (χ0v) is 31.5. The summed E-state index contributed by atoms with van der Waals surface area (Å²) in [5.74, 6) is -0.0833. The molecule has 2 unspecified atom stereocenters. The summed E-state index contributed by atoms with van der Waals surface area (Å²) in [4.78, 5) is 12.3. The Morgan fingerprint density at radius 1 is 0.521 bits per heavy atom. The maximum absolute atomic E-state index is 12.3. The first-order chi connectivity index (χ1) is 23.7. The maximum Gasteiger partial charge on any atom is 0.220 e. The average molecular weight is 668 g/mol. The summed E-state index contributed by atoms with van der Waals surface area (Å²) in [6.45, 7) is 4.16. The van der Waals surface area contributed by atoms with Crippen LogP contribution < -0.4 is 5.32 Å². The summed E-state index contributed by atoms with van der Waals surface area (Å²) in [7, 11) is 0. The Bertz CT molecular complexity index is 853. The summed E-state index contributed by atoms with van der Waals surface area (Å²) in [6, 6.07) is -0.643. The van der Waals surface area contributed by atoms with E-state index in [0.717, 1.165) is 57.8 Å². The van der Waals surface area contributed by atoms with E-state index in [0.29, 0.717) is 6.42 Å². The number of amides is 1. The minimum Gasteiger partial charge on any atom is -0.394 e. The van der Waals surface area contributed by atoms with Gasteiger partial charge in [-0.2, -0.15) is 0 Å². The summed E-state index contributed by atoms with van der Waals surface area (Å²) >= 11 is 0. The number of unbranched alkanes of at least 4 members (excludes halogenated alkanes) is 18. The third-order valence-electron chi connectivity index (χ3n) is 8.67. The molecule has 0 saturated carbocycles. The van der Waals surface area contributed by atoms with Crippen LogP contribution in [0.5, 0.6) is 0 Å². The van der Waals surface area contributed by atoms with Crippen LogP contribution in [0, 0.1) is 0 Å². The van der Waals surface area contributed by atoms with Crippen molar-refractivity contribution in [1.82, 2.24) is 5.32 Å². The van der Waals surface area contributed by atoms with E-state index in [2.05, 4.69) is 79.9 Å². The zero-order valence-electron chi connectivity index (χ0n) is 31.5. The standard InChI is InChI=1S/C44H77NO3/c1-3-5-7-9-11-13-15-17-18-19-20-21-22-23-24-25-26-28-30-32-34-36-38-40-44(48)45-42(41-46)43(47)39-37-35-33-31-29-27-16-14-12-10-8-6-4-2/h5,7,11,13,17-18,20-21,29,31,37,39,42-43,46-47H,3-4,6,8-10,12,14-16,19,22-28,30,32-36,38,40-41H2,1-2H3,(H,45,48)/b7-5-,13-11-,18-17-,21-20-,31-29+,39-37+. The van der Waals surface area contributed by atoms with Crippen LogP contribution in [0.25, 0.3) is 0 Å². The SMILES string of the molecule is CC/C=C\C/C=C\C/C=C\C/C=C\CCCCCCCCCCCCC(=O)NC(CO)C(O)/C=C/CC/C=C/CCCCCCCCC. The quantitative estimate of drug-likeness (QED) is 0.0465. The fraction of sp³-hybridized carbons (Fsp3) is 0.705. The first-order valence-electron chi connectivity index (χ1n) is 20.2. The van der Waals surface area contributed by atoms with E-state index in [9.17, 15) is 15.0 Å². The highest BCUT2D eigenvalue weighted by Gasteiger charge is 2.17. The molecule has 0 radical (unpaired) electrons. The number of aliphatic hydroxyl groups is 2. The predicted octanol–water partition coefficient (Wildman–Crippen LogP) is 12.3. The molecule has 0 fully saturated rings. The van der Waals surface area contributed by atoms with Crippen molar-refractivity contribution in [3.05, 3.63) is 72.9 Å². The third kappa shape index (κ3) is 35.1. The van der Waals surface area contributed by atoms with E-state index >= 15 is 0 Å². The lowest BCUT2D eigenvalue weighted by Crippen LogP contribution is -2.45. The predicted molar refractivity (Wildman–Crippen MR) is 211 cm³/mol. The molecule has 3 N–H and O–H groups in total. The van der Waals surface area contributed by atoms with Crippen molar-refractivity contribution in [3.8, 4) is 0 Å². The van der Waals surface area contributed by atoms with Crippen molar-refractivity contribution in [1.29, 1.82) is 0 Å². The average Bonchev–Trinajstić information content (AvgIpc) is 3.09. The molecule has 0 aromatic heterocycles. The molecule has 0 aliphatic rings. The van der Waals surface area contributed by atoms with E-state index in [4.69, 9.17) is 0 Å². The van der Waals surface area contributed by atoms with Gasteiger partial charge in [0.2, 0.25) is 5.91 Å². The van der Waals surface area contributed by atoms with Crippen LogP contribution in [0.3, 0.4) is 0 Å². The molecular formula is C44H77NO3. The molecule has 0 aromatic carbocycles. The number of carbonyl (C=O) groups is 1. The molecular weight excluding hydrogens is 590 g/mol. The zero-order chi connectivity index (χ0) is 35.0. The van der Waals surface area contributed by atoms with Gasteiger partial charge in [-0.3, -0.25) is 4.79 Å². The van der Waals surface area contributed by atoms with E-state index in [1.165, 1.54) is 103 Å². The molecule has 276 valence electrons. The van der Waals surface area contributed by atoms with Gasteiger partial charge in [-0.25, -0.2) is 0 Å². The fourth-order valence-corrected chi connectivity index (χ4v) is 5.59. The Kier molecular flexibility index (Phi) is 37.5. The van der Waals surface area contributed by atoms with E-state index in [1.807, 2.05) is 6.08 Å². The highest BCUT2D eigenvalue weighted by atomic mass is 16.3. The lowest BCUT2D eigenvalue weighted by Gasteiger charge is -2.19. The van der Waals surface area contributed by atoms with Crippen molar-refractivity contribution in [2.45, 2.75) is 193 Å². The molecule has 48 heavy (non-hydrogen) atoms. The number of nitrogens with one attached hydrogen (secondary N) is 1. The van der Waals surface area contributed by atoms with Crippen LogP contribution in [-0.4, -0.2) is 34.9 Å². The van der Waals surface area contributed by atoms with Crippen molar-refractivity contribution >= 4 is 5.91 Å². The third-order valence-corrected chi connectivity index (χ3v) is 8.67. The number of carbonyl (C=O) groups excluding carboxylic acids is 1. The maximum atomic E-state index is 12.3. The molecule has 4 heteroatoms. The van der Waals surface area contributed by atoms with Crippen LogP contribution in [0.2, 0.25) is 0 Å². The summed E-state index contributed by atoms with van der Waals surface area (Å²) < 4.78 is 0. The van der Waals surface area contributed by atoms with Gasteiger partial charge in [0.15, 0.2) is 0 Å². The second kappa shape index (κ2) is 39.3. The van der Waals surface area contributed by atoms with E-state index in [-0.39, 0.29) is 12.5 Å². The van der Waals surface area contributed by atoms with Gasteiger partial charge in [0, 0.05) is 6.42 Å². The molecule has 0 spiro atoms. The molecule has 0 aromatic rings. The van der Waals surface area contributed by atoms with Gasteiger partial charge in [-0.15, -0.1) is 0 Å². The van der Waals surface area contributed by atoms with Gasteiger partial charge >= 0.3 is 0 Å². The van der Waals surface area contributed by atoms with Gasteiger partial charge < -0.3 is 15.5 Å². The minimum absolute atomic E-state index is 0.0833. The topological polar surface area (TPSA) is 69.6 Å². The number of aliphatic hydroxyl groups excluding tert-OH is 2. The van der Waals surface area contributed by atoms with E-state index in [1.54, 1.807) is 6.08 Å². The Balaban J connectivity index is 3.64. The van der Waals surface area contributed by atoms with Gasteiger partial charge in [0.05, 0.1) is 18.8 Å². The highest BCUT2D eigenvalue weighted by molar-refractivity contribution is 5.76. The molecule has 0 saturated heterocycles. The first-order valence-corrected chi connectivity index (χ1v) is 20.2. The highest BCUT2D eigenvalue weighted by Crippen LogP contribution is 2.13. The van der Waals surface area contributed by atoms with Gasteiger partial charge in [0.1, 0.15) is 0 Å². The Hall–Kier alpha value is -2.17. The molecule has 0 rings (SSSR count). The molecule has 2 atom stereocenters. The molecule has 4 nitrogen and oxygen atoms in total. The van der Waals surface area contributed by atoms with Crippen molar-refractivity contribution in [2.75, 3.05) is 6.61 Å². The number of hydrogen-bond acceptors (Lipinski definition) is 3. The normalized spacial score (nSPS) is 13.8. The molecule has 1 amide bonds. The van der Waals surface area contributed by atoms with Crippen LogP contribution in [0.15, 0.2) is 72.9 Å². The van der Waals surface area contributed by atoms with Gasteiger partial charge in [-0.1, -0.05) is 177 Å². The number of hydrogen-bond donors (Lipinski definition) is 3. The van der Waals surface area contributed by atoms with Gasteiger partial charge in [-0.05, 0) is 70.6 Å². The lowest BCUT2D eigenvalue weighted by atomic mass is 10.0. The smallest absolute Gasteiger partial charge is 0.220 e. The lowest BCUT2D eigenvalue weighted by molar-refractivity contribution is -0.123. The van der Waals surface area contributed by atoms with Crippen LogP contribution in [0.1, 0.15) is 181 Å². The molecule has 0 bridgehead atoms. The van der Waals surface area contributed by atoms with Gasteiger partial charge in [0.25, 0.3) is 0 Å². The summed E-state index contributed by atoms with van der Waals surface area (Å²) in [5, 5.41) is 22.9. The monoisotopic (exact) mass is 668 g/mol. The fourth-order valence-electron chi connectivity index (χ4n) is 5.59. The minimum atomic E-state index is -0.865.